The largest absolute Gasteiger partial charge is 0.469 e. The number of likely N-dealkylation sites (tertiary alicyclic amines) is 3. The van der Waals surface area contributed by atoms with Crippen molar-refractivity contribution in [3.63, 3.8) is 0 Å². The van der Waals surface area contributed by atoms with Crippen molar-refractivity contribution in [1.29, 1.82) is 0 Å². The molecule has 6 heterocycles. The summed E-state index contributed by atoms with van der Waals surface area (Å²) in [7, 11) is 8.43. The fourth-order valence-electron chi connectivity index (χ4n) is 10.3. The van der Waals surface area contributed by atoms with E-state index in [1.54, 1.807) is 56.3 Å². The second-order valence-electron chi connectivity index (χ2n) is 20.8. The lowest BCUT2D eigenvalue weighted by Crippen LogP contribution is -2.54. The Morgan fingerprint density at radius 3 is 1.29 bits per heavy atom. The predicted octanol–water partition coefficient (Wildman–Crippen LogP) is 5.86. The highest BCUT2D eigenvalue weighted by molar-refractivity contribution is 14.1. The van der Waals surface area contributed by atoms with E-state index in [4.69, 9.17) is 28.4 Å². The number of imidazole rings is 3. The molecule has 4 N–H and O–H groups in total. The third-order valence-electron chi connectivity index (χ3n) is 15.0. The van der Waals surface area contributed by atoms with Crippen molar-refractivity contribution in [2.45, 2.75) is 116 Å². The van der Waals surface area contributed by atoms with Gasteiger partial charge in [-0.25, -0.2) is 19.7 Å². The predicted molar refractivity (Wildman–Crippen MR) is 301 cm³/mol. The highest BCUT2D eigenvalue weighted by Gasteiger charge is 2.44. The number of aromatic amines is 3. The number of nitrogens with zero attached hydrogens (tertiary/aromatic N) is 6. The highest BCUT2D eigenvalue weighted by Crippen LogP contribution is 2.38. The number of rotatable bonds is 17. The molecule has 0 unspecified atom stereocenters. The summed E-state index contributed by atoms with van der Waals surface area (Å²) in [6.07, 6.45) is 5.16. The number of H-pyrrole nitrogens is 3. The number of nitrogens with one attached hydrogen (secondary N) is 4. The van der Waals surface area contributed by atoms with Crippen molar-refractivity contribution in [3.05, 3.63) is 86.5 Å². The van der Waals surface area contributed by atoms with Gasteiger partial charge in [-0.05, 0) is 116 Å². The molecule has 12 atom stereocenters. The van der Waals surface area contributed by atoms with Crippen molar-refractivity contribution >= 4 is 58.3 Å². The summed E-state index contributed by atoms with van der Waals surface area (Å²) >= 11 is 2.17. The van der Waals surface area contributed by atoms with Crippen LogP contribution in [0.2, 0.25) is 0 Å². The molecule has 80 heavy (non-hydrogen) atoms. The third kappa shape index (κ3) is 16.0. The number of benzene rings is 1. The molecule has 3 aliphatic heterocycles. The second kappa shape index (κ2) is 29.1. The van der Waals surface area contributed by atoms with Crippen LogP contribution >= 0.6 is 22.6 Å². The third-order valence-corrected chi connectivity index (χ3v) is 15.5. The molecule has 0 aliphatic carbocycles. The Morgan fingerprint density at radius 2 is 0.938 bits per heavy atom. The molecule has 4 amide bonds. The van der Waals surface area contributed by atoms with Gasteiger partial charge in [-0.2, -0.15) is 0 Å². The van der Waals surface area contributed by atoms with E-state index in [-0.39, 0.29) is 66.6 Å². The van der Waals surface area contributed by atoms with Gasteiger partial charge < -0.3 is 63.4 Å². The van der Waals surface area contributed by atoms with E-state index in [9.17, 15) is 28.8 Å². The van der Waals surface area contributed by atoms with Gasteiger partial charge in [0.1, 0.15) is 34.9 Å². The van der Waals surface area contributed by atoms with E-state index >= 15 is 0 Å². The topological polar surface area (TPSA) is 266 Å². The maximum atomic E-state index is 13.7. The van der Waals surface area contributed by atoms with Crippen LogP contribution in [-0.4, -0.2) is 167 Å². The molecule has 0 radical (unpaired) electrons. The molecule has 3 aliphatic rings. The van der Waals surface area contributed by atoms with Crippen LogP contribution in [0.5, 0.6) is 0 Å². The standard InChI is InChI=1S/C41H51N7O8.C16H24IN3O4/c1-24-17-33(47(22-24)39(50)32(26(3)53-5)19-35(49)55-7)37-42-20-30(44-37)15-13-28-9-11-29(12-10-28)14-16-31-21-43-38(45-31)34-18-25(2)23-48(34)40(51)36(27(4)54-6)46-41(52)56-8;1-9-5-12(15-18-7-13(17)19-15)20(8-9)16(22)11(10(2)23-3)6-14(21)24-4/h9-12,20-21,24-27,32-34,36H,17-19,22-23H2,1-8H3,(H,42,44)(H,43,45)(H,46,52);7,9-12H,5-6,8H2,1-4H3,(H,18,19)/t24-,25-,26+,27+,32-,33-,34-,36-;9-,10+,11-,12-/m00/s1. The smallest absolute Gasteiger partial charge is 0.407 e. The zero-order valence-electron chi connectivity index (χ0n) is 47.6. The fourth-order valence-corrected chi connectivity index (χ4v) is 10.7. The quantitative estimate of drug-likeness (QED) is 0.0417. The van der Waals surface area contributed by atoms with Crippen LogP contribution in [0.1, 0.15) is 132 Å². The molecule has 432 valence electrons. The van der Waals surface area contributed by atoms with Gasteiger partial charge in [-0.15, -0.1) is 0 Å². The molecule has 22 nitrogen and oxygen atoms in total. The Kier molecular flexibility index (Phi) is 22.7. The van der Waals surface area contributed by atoms with Crippen LogP contribution in [0.4, 0.5) is 4.79 Å². The summed E-state index contributed by atoms with van der Waals surface area (Å²) in [5.41, 5.74) is 2.77. The monoisotopic (exact) mass is 1220 g/mol. The van der Waals surface area contributed by atoms with Gasteiger partial charge in [0.05, 0.1) is 105 Å². The minimum atomic E-state index is -0.923. The molecule has 3 fully saturated rings. The first kappa shape index (κ1) is 62.4. The van der Waals surface area contributed by atoms with Crippen LogP contribution in [0.15, 0.2) is 42.9 Å². The Morgan fingerprint density at radius 1 is 0.562 bits per heavy atom. The van der Waals surface area contributed by atoms with Gasteiger partial charge in [-0.3, -0.25) is 24.0 Å². The van der Waals surface area contributed by atoms with Crippen molar-refractivity contribution in [2.24, 2.45) is 29.6 Å². The number of carbonyl (C=O) groups is 6. The summed E-state index contributed by atoms with van der Waals surface area (Å²) < 4.78 is 31.4. The van der Waals surface area contributed by atoms with Gasteiger partial charge in [0.15, 0.2) is 0 Å². The summed E-state index contributed by atoms with van der Waals surface area (Å²) in [6, 6.07) is 5.91. The summed E-state index contributed by atoms with van der Waals surface area (Å²) in [4.78, 5) is 105. The molecular formula is C57H75IN10O12. The van der Waals surface area contributed by atoms with Gasteiger partial charge in [0, 0.05) is 52.1 Å². The Labute approximate surface area is 481 Å². The fraction of sp³-hybridized carbons (Fsp3) is 0.561. The lowest BCUT2D eigenvalue weighted by Gasteiger charge is -2.30. The summed E-state index contributed by atoms with van der Waals surface area (Å²) in [5, 5.41) is 2.61. The molecule has 3 aromatic heterocycles. The molecule has 23 heteroatoms. The van der Waals surface area contributed by atoms with Crippen molar-refractivity contribution in [1.82, 2.24) is 49.9 Å². The number of halogens is 1. The maximum absolute atomic E-state index is 13.7. The minimum Gasteiger partial charge on any atom is -0.469 e. The number of hydrogen-bond donors (Lipinski definition) is 4. The number of ether oxygens (including phenoxy) is 6. The lowest BCUT2D eigenvalue weighted by atomic mass is 9.97. The van der Waals surface area contributed by atoms with E-state index in [0.717, 1.165) is 33.5 Å². The normalized spacial score (nSPS) is 21.7. The number of hydrogen-bond acceptors (Lipinski definition) is 15. The van der Waals surface area contributed by atoms with E-state index in [2.05, 4.69) is 102 Å². The van der Waals surface area contributed by atoms with E-state index in [0.29, 0.717) is 55.0 Å². The van der Waals surface area contributed by atoms with E-state index in [1.807, 2.05) is 29.2 Å². The Balaban J connectivity index is 0.000000358. The van der Waals surface area contributed by atoms with Crippen molar-refractivity contribution < 1.29 is 57.2 Å². The average Bonchev–Trinajstić information content (AvgIpc) is 4.41. The Bertz CT molecular complexity index is 2760. The minimum absolute atomic E-state index is 0.0115. The van der Waals surface area contributed by atoms with Crippen LogP contribution in [-0.2, 0) is 52.4 Å². The number of esters is 2. The van der Waals surface area contributed by atoms with Gasteiger partial charge >= 0.3 is 18.0 Å². The van der Waals surface area contributed by atoms with Crippen molar-refractivity contribution in [2.75, 3.05) is 62.3 Å². The first-order chi connectivity index (χ1) is 38.2. The number of methoxy groups -OCH3 is 6. The highest BCUT2D eigenvalue weighted by atomic mass is 127. The van der Waals surface area contributed by atoms with Crippen LogP contribution in [0, 0.1) is 57.0 Å². The molecule has 7 rings (SSSR count). The van der Waals surface area contributed by atoms with Gasteiger partial charge in [0.25, 0.3) is 0 Å². The molecular weight excluding hydrogens is 1140 g/mol. The zero-order chi connectivity index (χ0) is 58.4. The van der Waals surface area contributed by atoms with Crippen LogP contribution in [0.25, 0.3) is 0 Å². The lowest BCUT2D eigenvalue weighted by molar-refractivity contribution is -0.151. The number of aromatic nitrogens is 6. The average molecular weight is 1220 g/mol. The van der Waals surface area contributed by atoms with E-state index in [1.165, 1.54) is 35.5 Å². The van der Waals surface area contributed by atoms with E-state index < -0.39 is 48.1 Å². The molecule has 4 aromatic rings. The maximum Gasteiger partial charge on any atom is 0.407 e. The molecule has 1 aromatic carbocycles. The summed E-state index contributed by atoms with van der Waals surface area (Å²) in [6.45, 7) is 13.3. The summed E-state index contributed by atoms with van der Waals surface area (Å²) in [5.74, 6) is 12.8. The van der Waals surface area contributed by atoms with Gasteiger partial charge in [-0.1, -0.05) is 32.6 Å². The number of alkyl carbamates (subject to hydrolysis) is 1. The number of amides is 4. The molecule has 0 bridgehead atoms. The molecule has 3 saturated heterocycles. The molecule has 0 saturated carbocycles. The molecule has 0 spiro atoms. The zero-order valence-corrected chi connectivity index (χ0v) is 49.7. The first-order valence-electron chi connectivity index (χ1n) is 26.6. The van der Waals surface area contributed by atoms with Crippen LogP contribution < -0.4 is 5.32 Å². The van der Waals surface area contributed by atoms with Crippen molar-refractivity contribution in [3.8, 4) is 23.7 Å². The number of carbonyl (C=O) groups excluding carboxylic acids is 6. The SMILES string of the molecule is COC(=O)C[C@H](C(=O)N1C[C@@H](C)C[C@H]1c1ncc(C#Cc2ccc(C#Cc3cnc([C@@H]4C[C@H](C)CN4C(=O)[C@@H](NC(=O)OC)[C@@H](C)OC)[nH]3)cc2)[nH]1)[C@@H](C)OC.COC(=O)C[C@H](C(=O)N1C[C@@H](C)C[C@H]1c1ncc(I)[nH]1)[C@@H](C)OC. The van der Waals surface area contributed by atoms with Gasteiger partial charge in [0.2, 0.25) is 17.7 Å². The van der Waals surface area contributed by atoms with Crippen LogP contribution in [0.3, 0.4) is 0 Å². The Hall–Kier alpha value is -6.80. The second-order valence-corrected chi connectivity index (χ2v) is 22.0. The first-order valence-corrected chi connectivity index (χ1v) is 27.7.